The summed E-state index contributed by atoms with van der Waals surface area (Å²) in [5, 5.41) is 6.71. The van der Waals surface area contributed by atoms with Gasteiger partial charge in [0.25, 0.3) is 0 Å². The van der Waals surface area contributed by atoms with Gasteiger partial charge in [0, 0.05) is 32.9 Å². The van der Waals surface area contributed by atoms with Crippen molar-refractivity contribution in [3.63, 3.8) is 0 Å². The van der Waals surface area contributed by atoms with Gasteiger partial charge in [0.15, 0.2) is 5.96 Å². The van der Waals surface area contributed by atoms with Crippen molar-refractivity contribution in [1.82, 2.24) is 15.6 Å². The third-order valence-corrected chi connectivity index (χ3v) is 6.55. The van der Waals surface area contributed by atoms with Crippen LogP contribution in [0.1, 0.15) is 11.1 Å². The number of halogens is 2. The number of para-hydroxylation sites is 1. The van der Waals surface area contributed by atoms with Crippen molar-refractivity contribution in [2.45, 2.75) is 12.8 Å². The Morgan fingerprint density at radius 2 is 1.97 bits per heavy atom. The summed E-state index contributed by atoms with van der Waals surface area (Å²) in [6.07, 6.45) is 3.25. The lowest BCUT2D eigenvalue weighted by Crippen LogP contribution is -2.42. The molecule has 1 aromatic heterocycles. The van der Waals surface area contributed by atoms with Crippen LogP contribution < -0.4 is 14.9 Å². The molecule has 0 unspecified atom stereocenters. The first-order chi connectivity index (χ1) is 13.5. The normalized spacial score (nSPS) is 13.6. The van der Waals surface area contributed by atoms with Crippen molar-refractivity contribution in [2.24, 2.45) is 4.99 Å². The zero-order valence-corrected chi connectivity index (χ0v) is 20.0. The van der Waals surface area contributed by atoms with E-state index in [4.69, 9.17) is 11.6 Å². The number of hydrogen-bond donors (Lipinski definition) is 2. The van der Waals surface area contributed by atoms with Gasteiger partial charge >= 0.3 is 0 Å². The lowest BCUT2D eigenvalue weighted by Gasteiger charge is -2.20. The predicted octanol–water partition coefficient (Wildman–Crippen LogP) is 2.45. The molecular weight excluding hydrogens is 525 g/mol. The number of fused-ring (bicyclic) bond motifs is 1. The number of nitrogens with zero attached hydrogens (tertiary/aromatic N) is 3. The summed E-state index contributed by atoms with van der Waals surface area (Å²) in [6, 6.07) is 11.3. The summed E-state index contributed by atoms with van der Waals surface area (Å²) in [5.41, 5.74) is 2.93. The molecule has 0 saturated heterocycles. The Morgan fingerprint density at radius 3 is 2.69 bits per heavy atom. The Bertz CT molecular complexity index is 938. The second kappa shape index (κ2) is 11.0. The number of rotatable bonds is 7. The maximum atomic E-state index is 12.7. The molecule has 0 saturated carbocycles. The number of anilines is 1. The molecule has 3 rings (SSSR count). The topological polar surface area (TPSA) is 86.7 Å². The van der Waals surface area contributed by atoms with Gasteiger partial charge in [0.2, 0.25) is 10.0 Å². The number of hydrogen-bond acceptors (Lipinski definition) is 4. The minimum Gasteiger partial charge on any atom is -0.356 e. The third kappa shape index (κ3) is 6.45. The highest BCUT2D eigenvalue weighted by atomic mass is 127. The van der Waals surface area contributed by atoms with E-state index in [9.17, 15) is 8.42 Å². The van der Waals surface area contributed by atoms with Gasteiger partial charge in [0.05, 0.1) is 11.4 Å². The van der Waals surface area contributed by atoms with Gasteiger partial charge in [-0.05, 0) is 36.1 Å². The van der Waals surface area contributed by atoms with Gasteiger partial charge in [0.1, 0.15) is 5.15 Å². The molecule has 158 valence electrons. The number of nitrogens with one attached hydrogen (secondary N) is 2. The first-order valence-corrected chi connectivity index (χ1v) is 11.1. The van der Waals surface area contributed by atoms with Crippen molar-refractivity contribution < 1.29 is 8.42 Å². The fourth-order valence-electron chi connectivity index (χ4n) is 3.11. The second-order valence-electron chi connectivity index (χ2n) is 6.43. The fraction of sp³-hybridized carbons (Fsp3) is 0.368. The molecule has 29 heavy (non-hydrogen) atoms. The summed E-state index contributed by atoms with van der Waals surface area (Å²) in [6.45, 7) is 1.43. The number of aromatic nitrogens is 1. The summed E-state index contributed by atoms with van der Waals surface area (Å²) in [4.78, 5) is 8.18. The molecule has 2 heterocycles. The van der Waals surface area contributed by atoms with Crippen LogP contribution in [0.4, 0.5) is 5.69 Å². The number of sulfonamides is 1. The average Bonchev–Trinajstić information content (AvgIpc) is 3.13. The van der Waals surface area contributed by atoms with Gasteiger partial charge < -0.3 is 10.6 Å². The molecule has 7 nitrogen and oxygen atoms in total. The average molecular weight is 550 g/mol. The number of guanidine groups is 1. The molecule has 2 N–H and O–H groups in total. The van der Waals surface area contributed by atoms with Crippen molar-refractivity contribution in [2.75, 3.05) is 36.7 Å². The van der Waals surface area contributed by atoms with Gasteiger partial charge in [-0.25, -0.2) is 13.4 Å². The van der Waals surface area contributed by atoms with Crippen LogP contribution in [0, 0.1) is 0 Å². The van der Waals surface area contributed by atoms with E-state index < -0.39 is 10.0 Å². The number of aliphatic imine (C=N–C) groups is 1. The van der Waals surface area contributed by atoms with E-state index in [1.165, 1.54) is 4.31 Å². The van der Waals surface area contributed by atoms with Crippen LogP contribution in [0.15, 0.2) is 47.6 Å². The van der Waals surface area contributed by atoms with Crippen molar-refractivity contribution in [3.8, 4) is 0 Å². The van der Waals surface area contributed by atoms with Gasteiger partial charge in [-0.2, -0.15) is 0 Å². The SMILES string of the molecule is CN=C(NCCc1ccc(Cl)nc1)NCCS(=O)(=O)N1CCc2ccccc21.I. The maximum absolute atomic E-state index is 12.7. The molecular formula is C19H25ClIN5O2S. The molecule has 2 aromatic rings. The molecule has 0 atom stereocenters. The predicted molar refractivity (Wildman–Crippen MR) is 129 cm³/mol. The lowest BCUT2D eigenvalue weighted by atomic mass is 10.2. The van der Waals surface area contributed by atoms with Gasteiger partial charge in [-0.1, -0.05) is 35.9 Å². The molecule has 0 bridgehead atoms. The van der Waals surface area contributed by atoms with E-state index in [1.807, 2.05) is 30.3 Å². The van der Waals surface area contributed by atoms with Crippen LogP contribution in [-0.2, 0) is 22.9 Å². The summed E-state index contributed by atoms with van der Waals surface area (Å²) >= 11 is 5.78. The smallest absolute Gasteiger partial charge is 0.236 e. The molecule has 0 aliphatic carbocycles. The Kier molecular flexibility index (Phi) is 8.97. The molecule has 0 spiro atoms. The van der Waals surface area contributed by atoms with Crippen LogP contribution in [0.3, 0.4) is 0 Å². The Morgan fingerprint density at radius 1 is 1.21 bits per heavy atom. The molecule has 0 fully saturated rings. The highest BCUT2D eigenvalue weighted by Gasteiger charge is 2.28. The second-order valence-corrected chi connectivity index (χ2v) is 8.83. The highest BCUT2D eigenvalue weighted by molar-refractivity contribution is 14.0. The largest absolute Gasteiger partial charge is 0.356 e. The van der Waals surface area contributed by atoms with Gasteiger partial charge in [-0.15, -0.1) is 24.0 Å². The third-order valence-electron chi connectivity index (χ3n) is 4.55. The van der Waals surface area contributed by atoms with E-state index >= 15 is 0 Å². The summed E-state index contributed by atoms with van der Waals surface area (Å²) in [5.74, 6) is 0.572. The standard InChI is InChI=1S/C19H24ClN5O2S.HI/c1-21-19(22-10-8-15-6-7-18(20)24-14-15)23-11-13-28(26,27)25-12-9-16-4-2-3-5-17(16)25;/h2-7,14H,8-13H2,1H3,(H2,21,22,23);1H. The fourth-order valence-corrected chi connectivity index (χ4v) is 4.65. The van der Waals surface area contributed by atoms with E-state index in [0.29, 0.717) is 24.2 Å². The van der Waals surface area contributed by atoms with Crippen LogP contribution >= 0.6 is 35.6 Å². The Labute approximate surface area is 194 Å². The first kappa shape index (κ1) is 23.7. The molecule has 10 heteroatoms. The van der Waals surface area contributed by atoms with Gasteiger partial charge in [-0.3, -0.25) is 9.30 Å². The van der Waals surface area contributed by atoms with Crippen molar-refractivity contribution in [1.29, 1.82) is 0 Å². The number of benzene rings is 1. The lowest BCUT2D eigenvalue weighted by molar-refractivity contribution is 0.591. The van der Waals surface area contributed by atoms with Crippen LogP contribution in [-0.4, -0.2) is 51.8 Å². The van der Waals surface area contributed by atoms with Crippen LogP contribution in [0.2, 0.25) is 5.15 Å². The zero-order valence-electron chi connectivity index (χ0n) is 16.1. The molecule has 1 aromatic carbocycles. The van der Waals surface area contributed by atoms with E-state index in [0.717, 1.165) is 29.7 Å². The van der Waals surface area contributed by atoms with E-state index in [-0.39, 0.29) is 36.3 Å². The first-order valence-electron chi connectivity index (χ1n) is 9.13. The molecule has 0 amide bonds. The maximum Gasteiger partial charge on any atom is 0.236 e. The van der Waals surface area contributed by atoms with Crippen molar-refractivity contribution in [3.05, 3.63) is 58.9 Å². The summed E-state index contributed by atoms with van der Waals surface area (Å²) in [7, 11) is -1.72. The minimum atomic E-state index is -3.38. The number of pyridine rings is 1. The summed E-state index contributed by atoms with van der Waals surface area (Å²) < 4.78 is 26.9. The Hall–Kier alpha value is -1.59. The van der Waals surface area contributed by atoms with E-state index in [1.54, 1.807) is 19.3 Å². The molecule has 1 aliphatic rings. The van der Waals surface area contributed by atoms with Crippen molar-refractivity contribution >= 4 is 57.2 Å². The monoisotopic (exact) mass is 549 g/mol. The van der Waals surface area contributed by atoms with Crippen LogP contribution in [0.5, 0.6) is 0 Å². The quantitative estimate of drug-likeness (QED) is 0.240. The highest BCUT2D eigenvalue weighted by Crippen LogP contribution is 2.29. The van der Waals surface area contributed by atoms with Crippen LogP contribution in [0.25, 0.3) is 0 Å². The van der Waals surface area contributed by atoms with E-state index in [2.05, 4.69) is 20.6 Å². The Balaban J connectivity index is 0.00000300. The zero-order chi connectivity index (χ0) is 20.0. The minimum absolute atomic E-state index is 0. The molecule has 0 radical (unpaired) electrons. The molecule has 1 aliphatic heterocycles.